The molecule has 0 aliphatic rings. The minimum absolute atomic E-state index is 0.146. The number of carbonyl (C=O) groups is 1. The van der Waals surface area contributed by atoms with E-state index in [9.17, 15) is 18.0 Å². The van der Waals surface area contributed by atoms with Gasteiger partial charge in [0.2, 0.25) is 0 Å². The number of rotatable bonds is 2. The minimum atomic E-state index is -4.61. The molecule has 17 heavy (non-hydrogen) atoms. The Morgan fingerprint density at radius 1 is 1.47 bits per heavy atom. The highest BCUT2D eigenvalue weighted by Crippen LogP contribution is 2.35. The number of nitrogens with zero attached hydrogens (tertiary/aromatic N) is 1. The summed E-state index contributed by atoms with van der Waals surface area (Å²) in [5.41, 5.74) is -1.52. The Balaban J connectivity index is 3.38. The molecule has 1 aromatic rings. The van der Waals surface area contributed by atoms with Crippen LogP contribution >= 0.6 is 0 Å². The lowest BCUT2D eigenvalue weighted by Gasteiger charge is -2.13. The minimum Gasteiger partial charge on any atom is -0.481 e. The average Bonchev–Trinajstić information content (AvgIpc) is 2.13. The number of nitriles is 1. The lowest BCUT2D eigenvalue weighted by atomic mass is 9.97. The van der Waals surface area contributed by atoms with Gasteiger partial charge in [0.15, 0.2) is 0 Å². The summed E-state index contributed by atoms with van der Waals surface area (Å²) < 4.78 is 37.9. The molecule has 0 saturated heterocycles. The fourth-order valence-electron chi connectivity index (χ4n) is 1.60. The molecule has 0 amide bonds. The van der Waals surface area contributed by atoms with Gasteiger partial charge in [0.05, 0.1) is 23.6 Å². The quantitative estimate of drug-likeness (QED) is 0.868. The van der Waals surface area contributed by atoms with Crippen LogP contribution in [0.1, 0.15) is 22.3 Å². The Bertz CT molecular complexity index is 501. The molecule has 0 saturated carbocycles. The highest BCUT2D eigenvalue weighted by Gasteiger charge is 2.35. The predicted octanol–water partition coefficient (Wildman–Crippen LogP) is 2.51. The molecule has 1 aromatic carbocycles. The largest absolute Gasteiger partial charge is 0.481 e. The van der Waals surface area contributed by atoms with Crippen molar-refractivity contribution in [1.82, 2.24) is 0 Å². The molecule has 0 aromatic heterocycles. The normalized spacial score (nSPS) is 11.0. The van der Waals surface area contributed by atoms with Crippen LogP contribution in [0.15, 0.2) is 12.1 Å². The number of benzene rings is 1. The number of hydrogen-bond acceptors (Lipinski definition) is 2. The lowest BCUT2D eigenvalue weighted by molar-refractivity contribution is -0.138. The predicted molar refractivity (Wildman–Crippen MR) is 52.2 cm³/mol. The topological polar surface area (TPSA) is 61.1 Å². The van der Waals surface area contributed by atoms with Crippen molar-refractivity contribution in [2.75, 3.05) is 0 Å². The summed E-state index contributed by atoms with van der Waals surface area (Å²) in [6.45, 7) is 1.20. The molecule has 1 rings (SSSR count). The Morgan fingerprint density at radius 2 is 2.06 bits per heavy atom. The van der Waals surface area contributed by atoms with Gasteiger partial charge in [-0.2, -0.15) is 18.4 Å². The van der Waals surface area contributed by atoms with Crippen molar-refractivity contribution >= 4 is 5.97 Å². The Hall–Kier alpha value is -2.03. The van der Waals surface area contributed by atoms with Gasteiger partial charge in [0.25, 0.3) is 0 Å². The molecular formula is C11H8F3NO2. The highest BCUT2D eigenvalue weighted by atomic mass is 19.4. The molecule has 0 radical (unpaired) electrons. The van der Waals surface area contributed by atoms with Crippen molar-refractivity contribution in [3.8, 4) is 6.07 Å². The van der Waals surface area contributed by atoms with E-state index in [-0.39, 0.29) is 11.1 Å². The van der Waals surface area contributed by atoms with Gasteiger partial charge in [-0.15, -0.1) is 0 Å². The van der Waals surface area contributed by atoms with Crippen LogP contribution in [0, 0.1) is 18.3 Å². The van der Waals surface area contributed by atoms with Gasteiger partial charge in [0, 0.05) is 0 Å². The van der Waals surface area contributed by atoms with E-state index < -0.39 is 29.7 Å². The molecule has 0 bridgehead atoms. The third-order valence-corrected chi connectivity index (χ3v) is 2.15. The van der Waals surface area contributed by atoms with Gasteiger partial charge < -0.3 is 5.11 Å². The molecule has 6 heteroatoms. The van der Waals surface area contributed by atoms with E-state index in [4.69, 9.17) is 10.4 Å². The molecule has 0 aliphatic carbocycles. The standard InChI is InChI=1S/C11H8F3NO2/c1-6-2-7(4-9(16)17)3-8(5-15)10(6)11(12,13)14/h2-3H,4H2,1H3,(H,16,17). The Morgan fingerprint density at radius 3 is 2.47 bits per heavy atom. The van der Waals surface area contributed by atoms with Gasteiger partial charge >= 0.3 is 12.1 Å². The SMILES string of the molecule is Cc1cc(CC(=O)O)cc(C#N)c1C(F)(F)F. The summed E-state index contributed by atoms with van der Waals surface area (Å²) >= 11 is 0. The number of hydrogen-bond donors (Lipinski definition) is 1. The monoisotopic (exact) mass is 243 g/mol. The van der Waals surface area contributed by atoms with Crippen molar-refractivity contribution in [3.05, 3.63) is 34.4 Å². The Kier molecular flexibility index (Phi) is 3.42. The molecule has 0 spiro atoms. The smallest absolute Gasteiger partial charge is 0.417 e. The van der Waals surface area contributed by atoms with Crippen LogP contribution in [0.4, 0.5) is 13.2 Å². The van der Waals surface area contributed by atoms with Crippen molar-refractivity contribution in [2.45, 2.75) is 19.5 Å². The second-order valence-corrected chi connectivity index (χ2v) is 3.52. The average molecular weight is 243 g/mol. The van der Waals surface area contributed by atoms with E-state index in [1.165, 1.54) is 13.0 Å². The molecular weight excluding hydrogens is 235 g/mol. The molecule has 0 heterocycles. The number of carboxylic acid groups (broad SMARTS) is 1. The van der Waals surface area contributed by atoms with Gasteiger partial charge in [-0.1, -0.05) is 6.07 Å². The van der Waals surface area contributed by atoms with E-state index in [0.717, 1.165) is 12.1 Å². The van der Waals surface area contributed by atoms with Crippen LogP contribution in [0.25, 0.3) is 0 Å². The zero-order valence-corrected chi connectivity index (χ0v) is 8.80. The summed E-state index contributed by atoms with van der Waals surface area (Å²) in [6, 6.07) is 3.54. The van der Waals surface area contributed by atoms with Gasteiger partial charge in [0.1, 0.15) is 0 Å². The molecule has 0 unspecified atom stereocenters. The number of halogens is 3. The van der Waals surface area contributed by atoms with Crippen LogP contribution in [0.3, 0.4) is 0 Å². The first kappa shape index (κ1) is 13.0. The second kappa shape index (κ2) is 4.45. The highest BCUT2D eigenvalue weighted by molar-refractivity contribution is 5.70. The number of carboxylic acids is 1. The van der Waals surface area contributed by atoms with Gasteiger partial charge in [-0.25, -0.2) is 0 Å². The van der Waals surface area contributed by atoms with E-state index in [1.807, 2.05) is 0 Å². The first-order valence-electron chi connectivity index (χ1n) is 4.58. The van der Waals surface area contributed by atoms with Gasteiger partial charge in [-0.3, -0.25) is 4.79 Å². The fraction of sp³-hybridized carbons (Fsp3) is 0.273. The summed E-state index contributed by atoms with van der Waals surface area (Å²) in [6.07, 6.45) is -5.02. The van der Waals surface area contributed by atoms with Crippen LogP contribution in [0.5, 0.6) is 0 Å². The molecule has 90 valence electrons. The molecule has 0 fully saturated rings. The molecule has 0 aliphatic heterocycles. The Labute approximate surface area is 95.1 Å². The van der Waals surface area contributed by atoms with E-state index in [1.54, 1.807) is 0 Å². The van der Waals surface area contributed by atoms with Crippen LogP contribution in [-0.2, 0) is 17.4 Å². The van der Waals surface area contributed by atoms with Crippen molar-refractivity contribution < 1.29 is 23.1 Å². The number of alkyl halides is 3. The first-order chi connectivity index (χ1) is 7.75. The maximum absolute atomic E-state index is 12.6. The lowest BCUT2D eigenvalue weighted by Crippen LogP contribution is -2.12. The van der Waals surface area contributed by atoms with Crippen LogP contribution < -0.4 is 0 Å². The summed E-state index contributed by atoms with van der Waals surface area (Å²) in [4.78, 5) is 10.5. The van der Waals surface area contributed by atoms with Crippen molar-refractivity contribution in [2.24, 2.45) is 0 Å². The van der Waals surface area contributed by atoms with Crippen LogP contribution in [-0.4, -0.2) is 11.1 Å². The third kappa shape index (κ3) is 2.97. The van der Waals surface area contributed by atoms with Gasteiger partial charge in [-0.05, 0) is 24.1 Å². The zero-order chi connectivity index (χ0) is 13.2. The summed E-state index contributed by atoms with van der Waals surface area (Å²) in [5.74, 6) is -1.16. The number of aliphatic carboxylic acids is 1. The zero-order valence-electron chi connectivity index (χ0n) is 8.80. The van der Waals surface area contributed by atoms with E-state index in [2.05, 4.69) is 0 Å². The summed E-state index contributed by atoms with van der Waals surface area (Å²) in [7, 11) is 0. The molecule has 3 nitrogen and oxygen atoms in total. The molecule has 1 N–H and O–H groups in total. The van der Waals surface area contributed by atoms with Crippen molar-refractivity contribution in [1.29, 1.82) is 5.26 Å². The number of aryl methyl sites for hydroxylation is 1. The van der Waals surface area contributed by atoms with Crippen LogP contribution in [0.2, 0.25) is 0 Å². The fourth-order valence-corrected chi connectivity index (χ4v) is 1.60. The third-order valence-electron chi connectivity index (χ3n) is 2.15. The molecule has 0 atom stereocenters. The van der Waals surface area contributed by atoms with E-state index in [0.29, 0.717) is 0 Å². The maximum Gasteiger partial charge on any atom is 0.417 e. The van der Waals surface area contributed by atoms with E-state index >= 15 is 0 Å². The van der Waals surface area contributed by atoms with Crippen molar-refractivity contribution in [3.63, 3.8) is 0 Å². The second-order valence-electron chi connectivity index (χ2n) is 3.52. The first-order valence-corrected chi connectivity index (χ1v) is 4.58. The maximum atomic E-state index is 12.6. The summed E-state index contributed by atoms with van der Waals surface area (Å²) in [5, 5.41) is 17.2.